The molecule has 0 spiro atoms. The van der Waals surface area contributed by atoms with Gasteiger partial charge in [-0.25, -0.2) is 9.38 Å². The van der Waals surface area contributed by atoms with Gasteiger partial charge < -0.3 is 31.9 Å². The third kappa shape index (κ3) is 6.31. The fraction of sp³-hybridized carbons (Fsp3) is 0.320. The van der Waals surface area contributed by atoms with E-state index in [0.717, 1.165) is 17.9 Å². The molecule has 0 saturated heterocycles. The molecule has 16 heteroatoms. The molecule has 0 saturated carbocycles. The van der Waals surface area contributed by atoms with Crippen molar-refractivity contribution >= 4 is 40.3 Å². The number of primary amides is 2. The van der Waals surface area contributed by atoms with E-state index >= 15 is 0 Å². The van der Waals surface area contributed by atoms with Crippen molar-refractivity contribution in [3.63, 3.8) is 0 Å². The number of carbonyl (C=O) groups excluding carboxylic acids is 2. The number of hydrogen-bond acceptors (Lipinski definition) is 8. The zero-order valence-corrected chi connectivity index (χ0v) is 21.4. The summed E-state index contributed by atoms with van der Waals surface area (Å²) in [5.74, 6) is -4.90. The van der Waals surface area contributed by atoms with Gasteiger partial charge in [-0.15, -0.1) is 0 Å². The number of aliphatic imine (C=N–C) groups is 1. The van der Waals surface area contributed by atoms with E-state index < -0.39 is 54.1 Å². The molecule has 218 valence electrons. The van der Waals surface area contributed by atoms with Crippen LogP contribution in [0.2, 0.25) is 0 Å². The SMILES string of the molecule is COc1cc([C@H](CC(=O)O)C(C(N)=O)n2ncc3c(NC4=NCC(F)CN4)cc(C(N)=O)cc32)cc(C(F)(F)F)c1. The predicted molar refractivity (Wildman–Crippen MR) is 138 cm³/mol. The monoisotopic (exact) mass is 579 g/mol. The van der Waals surface area contributed by atoms with Gasteiger partial charge in [0.25, 0.3) is 0 Å². The number of guanidine groups is 1. The van der Waals surface area contributed by atoms with Crippen LogP contribution in [-0.4, -0.2) is 65.0 Å². The molecule has 1 aromatic heterocycles. The van der Waals surface area contributed by atoms with E-state index in [4.69, 9.17) is 16.2 Å². The zero-order chi connectivity index (χ0) is 30.1. The number of fused-ring (bicyclic) bond motifs is 1. The number of aromatic nitrogens is 2. The topological polar surface area (TPSA) is 187 Å². The number of nitrogens with zero attached hydrogens (tertiary/aromatic N) is 3. The Labute approximate surface area is 229 Å². The van der Waals surface area contributed by atoms with Crippen molar-refractivity contribution in [1.82, 2.24) is 15.1 Å². The van der Waals surface area contributed by atoms with Crippen LogP contribution in [0.1, 0.15) is 39.9 Å². The molecule has 0 fully saturated rings. The Morgan fingerprint density at radius 1 is 1.22 bits per heavy atom. The number of amides is 2. The second kappa shape index (κ2) is 11.3. The van der Waals surface area contributed by atoms with Crippen LogP contribution in [0.5, 0.6) is 5.75 Å². The molecule has 1 aliphatic heterocycles. The lowest BCUT2D eigenvalue weighted by Gasteiger charge is -2.26. The number of carboxylic acid groups (broad SMARTS) is 1. The minimum atomic E-state index is -4.81. The number of methoxy groups -OCH3 is 1. The molecule has 7 N–H and O–H groups in total. The third-order valence-electron chi connectivity index (χ3n) is 6.44. The highest BCUT2D eigenvalue weighted by Crippen LogP contribution is 2.40. The van der Waals surface area contributed by atoms with Crippen LogP contribution in [0.3, 0.4) is 0 Å². The molecule has 3 aromatic rings. The molecule has 3 atom stereocenters. The maximum Gasteiger partial charge on any atom is 0.416 e. The van der Waals surface area contributed by atoms with Crippen molar-refractivity contribution in [2.75, 3.05) is 25.5 Å². The number of halogens is 4. The smallest absolute Gasteiger partial charge is 0.416 e. The van der Waals surface area contributed by atoms with E-state index in [1.54, 1.807) is 0 Å². The van der Waals surface area contributed by atoms with Gasteiger partial charge in [-0.3, -0.25) is 19.1 Å². The van der Waals surface area contributed by atoms with Crippen molar-refractivity contribution < 1.29 is 41.8 Å². The average Bonchev–Trinajstić information content (AvgIpc) is 3.32. The Hall–Kier alpha value is -4.89. The van der Waals surface area contributed by atoms with E-state index in [0.29, 0.717) is 11.5 Å². The summed E-state index contributed by atoms with van der Waals surface area (Å²) >= 11 is 0. The van der Waals surface area contributed by atoms with Gasteiger partial charge in [-0.05, 0) is 35.9 Å². The number of carbonyl (C=O) groups is 3. The molecule has 41 heavy (non-hydrogen) atoms. The predicted octanol–water partition coefficient (Wildman–Crippen LogP) is 2.16. The maximum atomic E-state index is 13.7. The quantitative estimate of drug-likeness (QED) is 0.239. The van der Waals surface area contributed by atoms with Gasteiger partial charge in [-0.2, -0.15) is 18.3 Å². The van der Waals surface area contributed by atoms with Gasteiger partial charge in [-0.1, -0.05) is 0 Å². The number of rotatable bonds is 9. The van der Waals surface area contributed by atoms with Crippen LogP contribution >= 0.6 is 0 Å². The molecule has 12 nitrogen and oxygen atoms in total. The van der Waals surface area contributed by atoms with Gasteiger partial charge in [0, 0.05) is 16.9 Å². The zero-order valence-electron chi connectivity index (χ0n) is 21.4. The standard InChI is InChI=1S/C25H25F4N7O5/c1-41-15-3-11(2-13(6-15)25(27,28)29)16(7-20(37)38)21(23(31)40)36-19-5-12(22(30)39)4-18(17(19)10-34-36)35-24-32-8-14(26)9-33-24/h2-6,10,14,16,21H,7-9H2,1H3,(H2,30,39)(H2,31,40)(H,37,38)(H2,32,33,35)/t16-,21?/m0/s1. The van der Waals surface area contributed by atoms with E-state index in [-0.39, 0.29) is 47.1 Å². The fourth-order valence-electron chi connectivity index (χ4n) is 4.55. The summed E-state index contributed by atoms with van der Waals surface area (Å²) in [6.07, 6.45) is -5.54. The summed E-state index contributed by atoms with van der Waals surface area (Å²) in [6, 6.07) is 3.64. The second-order valence-electron chi connectivity index (χ2n) is 9.25. The molecular formula is C25H25F4N7O5. The van der Waals surface area contributed by atoms with Crippen LogP contribution in [0.15, 0.2) is 41.5 Å². The molecule has 1 aliphatic rings. The normalized spacial score (nSPS) is 16.8. The van der Waals surface area contributed by atoms with Crippen molar-refractivity contribution in [1.29, 1.82) is 0 Å². The number of nitrogens with two attached hydrogens (primary N) is 2. The lowest BCUT2D eigenvalue weighted by molar-refractivity contribution is -0.138. The highest BCUT2D eigenvalue weighted by atomic mass is 19.4. The summed E-state index contributed by atoms with van der Waals surface area (Å²) in [4.78, 5) is 40.9. The largest absolute Gasteiger partial charge is 0.497 e. The highest BCUT2D eigenvalue weighted by molar-refractivity contribution is 6.07. The van der Waals surface area contributed by atoms with Gasteiger partial charge in [0.05, 0.1) is 49.6 Å². The molecule has 2 aromatic carbocycles. The number of carboxylic acids is 1. The van der Waals surface area contributed by atoms with Crippen molar-refractivity contribution in [2.24, 2.45) is 16.5 Å². The van der Waals surface area contributed by atoms with Crippen LogP contribution in [-0.2, 0) is 15.8 Å². The molecule has 0 aliphatic carbocycles. The van der Waals surface area contributed by atoms with E-state index in [1.165, 1.54) is 24.4 Å². The molecule has 0 radical (unpaired) electrons. The summed E-state index contributed by atoms with van der Waals surface area (Å²) in [5, 5.41) is 19.8. The Kier molecular flexibility index (Phi) is 8.02. The number of benzene rings is 2. The summed E-state index contributed by atoms with van der Waals surface area (Å²) in [6.45, 7) is -0.140. The molecule has 2 heterocycles. The lowest BCUT2D eigenvalue weighted by atomic mass is 9.86. The summed E-state index contributed by atoms with van der Waals surface area (Å²) in [5.41, 5.74) is 10.1. The Morgan fingerprint density at radius 2 is 1.95 bits per heavy atom. The first-order valence-corrected chi connectivity index (χ1v) is 12.1. The van der Waals surface area contributed by atoms with E-state index in [2.05, 4.69) is 20.7 Å². The molecule has 2 amide bonds. The molecular weight excluding hydrogens is 554 g/mol. The maximum absolute atomic E-state index is 13.7. The highest BCUT2D eigenvalue weighted by Gasteiger charge is 2.37. The first kappa shape index (κ1) is 29.1. The van der Waals surface area contributed by atoms with Crippen molar-refractivity contribution in [3.8, 4) is 5.75 Å². The van der Waals surface area contributed by atoms with E-state index in [1.807, 2.05) is 0 Å². The molecule has 0 bridgehead atoms. The van der Waals surface area contributed by atoms with Crippen molar-refractivity contribution in [2.45, 2.75) is 30.7 Å². The Morgan fingerprint density at radius 3 is 2.51 bits per heavy atom. The first-order valence-electron chi connectivity index (χ1n) is 12.1. The van der Waals surface area contributed by atoms with Gasteiger partial charge in [0.15, 0.2) is 5.96 Å². The number of nitrogens with one attached hydrogen (secondary N) is 2. The first-order chi connectivity index (χ1) is 19.3. The molecule has 4 rings (SSSR count). The number of ether oxygens (including phenoxy) is 1. The lowest BCUT2D eigenvalue weighted by Crippen LogP contribution is -2.41. The van der Waals surface area contributed by atoms with Gasteiger partial charge in [0.1, 0.15) is 18.0 Å². The van der Waals surface area contributed by atoms with Crippen LogP contribution in [0.25, 0.3) is 10.9 Å². The number of anilines is 1. The third-order valence-corrected chi connectivity index (χ3v) is 6.44. The Balaban J connectivity index is 1.90. The number of alkyl halides is 4. The van der Waals surface area contributed by atoms with Crippen LogP contribution < -0.4 is 26.8 Å². The minimum Gasteiger partial charge on any atom is -0.497 e. The van der Waals surface area contributed by atoms with Gasteiger partial charge >= 0.3 is 12.1 Å². The van der Waals surface area contributed by atoms with Gasteiger partial charge in [0.2, 0.25) is 11.8 Å². The number of aliphatic carboxylic acids is 1. The average molecular weight is 580 g/mol. The summed E-state index contributed by atoms with van der Waals surface area (Å²) < 4.78 is 60.5. The molecule has 2 unspecified atom stereocenters. The van der Waals surface area contributed by atoms with E-state index in [9.17, 15) is 37.1 Å². The summed E-state index contributed by atoms with van der Waals surface area (Å²) in [7, 11) is 1.14. The van der Waals surface area contributed by atoms with Crippen molar-refractivity contribution in [3.05, 3.63) is 53.2 Å². The number of hydrogen-bond donors (Lipinski definition) is 5. The van der Waals surface area contributed by atoms with Crippen LogP contribution in [0, 0.1) is 0 Å². The minimum absolute atomic E-state index is 0.0230. The van der Waals surface area contributed by atoms with Crippen LogP contribution in [0.4, 0.5) is 23.2 Å². The Bertz CT molecular complexity index is 1540. The fourth-order valence-corrected chi connectivity index (χ4v) is 4.55. The second-order valence-corrected chi connectivity index (χ2v) is 9.25.